The number of carbonyl (C=O) groups is 1. The van der Waals surface area contributed by atoms with Crippen molar-refractivity contribution in [2.45, 2.75) is 33.0 Å². The van der Waals surface area contributed by atoms with Gasteiger partial charge in [-0.1, -0.05) is 41.2 Å². The third-order valence-electron chi connectivity index (χ3n) is 6.32. The molecule has 0 unspecified atom stereocenters. The summed E-state index contributed by atoms with van der Waals surface area (Å²) in [6, 6.07) is 9.30. The molecular weight excluding hydrogens is 462 g/mol. The van der Waals surface area contributed by atoms with Crippen LogP contribution in [0.1, 0.15) is 33.0 Å². The Bertz CT molecular complexity index is 1300. The normalized spacial score (nSPS) is 13.5. The minimum Gasteiger partial charge on any atom is -0.496 e. The fourth-order valence-corrected chi connectivity index (χ4v) is 4.39. The van der Waals surface area contributed by atoms with Gasteiger partial charge >= 0.3 is 0 Å². The van der Waals surface area contributed by atoms with Gasteiger partial charge in [0.25, 0.3) is 11.5 Å². The van der Waals surface area contributed by atoms with Crippen LogP contribution in [0.5, 0.6) is 11.5 Å². The van der Waals surface area contributed by atoms with Gasteiger partial charge in [0.2, 0.25) is 0 Å². The molecule has 10 nitrogen and oxygen atoms in total. The lowest BCUT2D eigenvalue weighted by molar-refractivity contribution is 0.0776. The summed E-state index contributed by atoms with van der Waals surface area (Å²) in [6.45, 7) is 8.59. The van der Waals surface area contributed by atoms with Crippen LogP contribution in [-0.2, 0) is 26.1 Å². The Morgan fingerprint density at radius 2 is 2.03 bits per heavy atom. The molecule has 0 aliphatic carbocycles. The van der Waals surface area contributed by atoms with Gasteiger partial charge in [-0.2, -0.15) is 0 Å². The van der Waals surface area contributed by atoms with E-state index in [1.54, 1.807) is 24.6 Å². The number of aromatic nitrogens is 3. The third kappa shape index (κ3) is 5.33. The van der Waals surface area contributed by atoms with Crippen LogP contribution in [0.15, 0.2) is 52.4 Å². The van der Waals surface area contributed by atoms with Crippen LogP contribution in [0.2, 0.25) is 0 Å². The zero-order valence-corrected chi connectivity index (χ0v) is 20.9. The number of ether oxygens (including phenoxy) is 2. The molecule has 2 aromatic heterocycles. The smallest absolute Gasteiger partial charge is 0.259 e. The summed E-state index contributed by atoms with van der Waals surface area (Å²) in [7, 11) is 3.15. The second-order valence-corrected chi connectivity index (χ2v) is 8.72. The molecule has 0 N–H and O–H groups in total. The van der Waals surface area contributed by atoms with Crippen molar-refractivity contribution in [3.05, 3.63) is 81.5 Å². The van der Waals surface area contributed by atoms with Gasteiger partial charge in [-0.3, -0.25) is 14.5 Å². The average molecular weight is 494 g/mol. The van der Waals surface area contributed by atoms with E-state index >= 15 is 0 Å². The molecule has 1 aliphatic rings. The highest BCUT2D eigenvalue weighted by Crippen LogP contribution is 2.26. The second-order valence-electron chi connectivity index (χ2n) is 8.72. The van der Waals surface area contributed by atoms with Gasteiger partial charge in [0.1, 0.15) is 35.1 Å². The Hall–Kier alpha value is -3.92. The standard InChI is InChI=1S/C26H31N5O5/c1-5-14-35-22-9-7-6-8-19(22)16-30-11-10-21-25(23(34-4)15-24(32)31(21)13-12-30)26(33)29(3)17-20-18(2)27-36-28-20/h5-9,15H,1,10-14,16-17H2,2-4H3. The molecule has 36 heavy (non-hydrogen) atoms. The first-order chi connectivity index (χ1) is 17.4. The van der Waals surface area contributed by atoms with E-state index in [1.807, 2.05) is 24.3 Å². The lowest BCUT2D eigenvalue weighted by Gasteiger charge is -2.22. The maximum Gasteiger partial charge on any atom is 0.259 e. The molecule has 1 amide bonds. The third-order valence-corrected chi connectivity index (χ3v) is 6.32. The van der Waals surface area contributed by atoms with Crippen molar-refractivity contribution in [3.8, 4) is 11.5 Å². The minimum absolute atomic E-state index is 0.186. The molecule has 0 radical (unpaired) electrons. The number of para-hydroxylation sites is 1. The summed E-state index contributed by atoms with van der Waals surface area (Å²) in [5, 5.41) is 7.66. The molecule has 10 heteroatoms. The van der Waals surface area contributed by atoms with E-state index in [4.69, 9.17) is 14.1 Å². The predicted molar refractivity (Wildman–Crippen MR) is 133 cm³/mol. The number of carbonyl (C=O) groups excluding carboxylic acids is 1. The van der Waals surface area contributed by atoms with Crippen molar-refractivity contribution in [3.63, 3.8) is 0 Å². The molecule has 1 aliphatic heterocycles. The SMILES string of the molecule is C=CCOc1ccccc1CN1CCc2c(C(=O)N(C)Cc3nonc3C)c(OC)cc(=O)n2CC1. The van der Waals surface area contributed by atoms with Crippen molar-refractivity contribution >= 4 is 5.91 Å². The number of fused-ring (bicyclic) bond motifs is 1. The molecule has 0 fully saturated rings. The number of aryl methyl sites for hydroxylation is 1. The van der Waals surface area contributed by atoms with Crippen LogP contribution in [0, 0.1) is 6.92 Å². The van der Waals surface area contributed by atoms with Gasteiger partial charge in [-0.25, -0.2) is 4.63 Å². The van der Waals surface area contributed by atoms with Crippen molar-refractivity contribution in [2.24, 2.45) is 0 Å². The molecule has 1 aromatic carbocycles. The first-order valence-electron chi connectivity index (χ1n) is 11.8. The lowest BCUT2D eigenvalue weighted by Crippen LogP contribution is -2.32. The second kappa shape index (κ2) is 11.2. The number of methoxy groups -OCH3 is 1. The number of pyridine rings is 1. The summed E-state index contributed by atoms with van der Waals surface area (Å²) in [6.07, 6.45) is 2.23. The number of hydrogen-bond donors (Lipinski definition) is 0. The first-order valence-corrected chi connectivity index (χ1v) is 11.8. The van der Waals surface area contributed by atoms with Gasteiger partial charge in [-0.15, -0.1) is 0 Å². The van der Waals surface area contributed by atoms with Crippen molar-refractivity contribution < 1.29 is 18.9 Å². The monoisotopic (exact) mass is 493 g/mol. The van der Waals surface area contributed by atoms with E-state index in [2.05, 4.69) is 21.8 Å². The topological polar surface area (TPSA) is 103 Å². The maximum absolute atomic E-state index is 13.6. The van der Waals surface area contributed by atoms with Gasteiger partial charge in [-0.05, 0) is 13.0 Å². The number of rotatable bonds is 9. The Balaban J connectivity index is 1.59. The Kier molecular flexibility index (Phi) is 7.84. The average Bonchev–Trinajstić information content (AvgIpc) is 3.16. The van der Waals surface area contributed by atoms with Gasteiger partial charge < -0.3 is 18.9 Å². The lowest BCUT2D eigenvalue weighted by atomic mass is 10.1. The fourth-order valence-electron chi connectivity index (χ4n) is 4.39. The van der Waals surface area contributed by atoms with Crippen LogP contribution >= 0.6 is 0 Å². The van der Waals surface area contributed by atoms with E-state index in [0.29, 0.717) is 61.9 Å². The van der Waals surface area contributed by atoms with Crippen molar-refractivity contribution in [1.82, 2.24) is 24.7 Å². The zero-order valence-electron chi connectivity index (χ0n) is 20.9. The predicted octanol–water partition coefficient (Wildman–Crippen LogP) is 2.44. The highest BCUT2D eigenvalue weighted by atomic mass is 16.6. The minimum atomic E-state index is -0.255. The molecule has 0 spiro atoms. The molecule has 0 bridgehead atoms. The molecular formula is C26H31N5O5. The van der Waals surface area contributed by atoms with Crippen LogP contribution in [0.25, 0.3) is 0 Å². The molecule has 0 saturated heterocycles. The number of amides is 1. The van der Waals surface area contributed by atoms with Gasteiger partial charge in [0, 0.05) is 57.0 Å². The first kappa shape index (κ1) is 25.2. The molecule has 3 aromatic rings. The summed E-state index contributed by atoms with van der Waals surface area (Å²) >= 11 is 0. The summed E-state index contributed by atoms with van der Waals surface area (Å²) in [4.78, 5) is 30.3. The van der Waals surface area contributed by atoms with Crippen LogP contribution in [-0.4, -0.2) is 64.4 Å². The number of benzene rings is 1. The summed E-state index contributed by atoms with van der Waals surface area (Å²) in [5.74, 6) is 0.831. The maximum atomic E-state index is 13.6. The highest BCUT2D eigenvalue weighted by molar-refractivity contribution is 5.98. The largest absolute Gasteiger partial charge is 0.496 e. The Labute approximate surface area is 209 Å². The highest BCUT2D eigenvalue weighted by Gasteiger charge is 2.28. The van der Waals surface area contributed by atoms with Crippen LogP contribution in [0.3, 0.4) is 0 Å². The number of nitrogens with zero attached hydrogens (tertiary/aromatic N) is 5. The quantitative estimate of drug-likeness (QED) is 0.419. The van der Waals surface area contributed by atoms with E-state index in [0.717, 1.165) is 11.3 Å². The van der Waals surface area contributed by atoms with E-state index in [9.17, 15) is 9.59 Å². The van der Waals surface area contributed by atoms with Crippen molar-refractivity contribution in [2.75, 3.05) is 33.9 Å². The Morgan fingerprint density at radius 1 is 1.22 bits per heavy atom. The van der Waals surface area contributed by atoms with Crippen molar-refractivity contribution in [1.29, 1.82) is 0 Å². The van der Waals surface area contributed by atoms with E-state index in [-0.39, 0.29) is 23.8 Å². The summed E-state index contributed by atoms with van der Waals surface area (Å²) in [5.41, 5.74) is 3.14. The van der Waals surface area contributed by atoms with E-state index < -0.39 is 0 Å². The van der Waals surface area contributed by atoms with Gasteiger partial charge in [0.15, 0.2) is 0 Å². The zero-order chi connectivity index (χ0) is 25.7. The molecule has 0 atom stereocenters. The molecule has 190 valence electrons. The molecule has 0 saturated carbocycles. The van der Waals surface area contributed by atoms with E-state index in [1.165, 1.54) is 18.1 Å². The van der Waals surface area contributed by atoms with Gasteiger partial charge in [0.05, 0.1) is 13.7 Å². The number of hydrogen-bond acceptors (Lipinski definition) is 8. The molecule has 4 rings (SSSR count). The van der Waals surface area contributed by atoms with Crippen LogP contribution < -0.4 is 15.0 Å². The Morgan fingerprint density at radius 3 is 2.75 bits per heavy atom. The summed E-state index contributed by atoms with van der Waals surface area (Å²) < 4.78 is 17.8. The fraction of sp³-hybridized carbons (Fsp3) is 0.385. The molecule has 3 heterocycles. The van der Waals surface area contributed by atoms with Crippen LogP contribution in [0.4, 0.5) is 0 Å².